The lowest BCUT2D eigenvalue weighted by Gasteiger charge is -2.13. The van der Waals surface area contributed by atoms with E-state index >= 15 is 0 Å². The number of para-hydroxylation sites is 1. The minimum Gasteiger partial charge on any atom is -0.280 e. The molecule has 4 nitrogen and oxygen atoms in total. The molecular weight excluding hydrogens is 331 g/mol. The molecule has 0 fully saturated rings. The van der Waals surface area contributed by atoms with E-state index in [-0.39, 0.29) is 0 Å². The first-order valence-electron chi connectivity index (χ1n) is 7.18. The number of halogens is 2. The number of nitrogens with zero attached hydrogens (tertiary/aromatic N) is 4. The smallest absolute Gasteiger partial charge is 0.159 e. The molecule has 0 saturated carbocycles. The summed E-state index contributed by atoms with van der Waals surface area (Å²) in [7, 11) is 0. The van der Waals surface area contributed by atoms with Crippen LogP contribution in [-0.2, 0) is 12.4 Å². The Bertz CT molecular complexity index is 914. The molecule has 1 aliphatic heterocycles. The van der Waals surface area contributed by atoms with Gasteiger partial charge in [0, 0.05) is 16.1 Å². The molecule has 1 aromatic heterocycles. The fraction of sp³-hybridized carbons (Fsp3) is 0.118. The van der Waals surface area contributed by atoms with Crippen LogP contribution in [0.15, 0.2) is 53.5 Å². The lowest BCUT2D eigenvalue weighted by atomic mass is 10.0. The van der Waals surface area contributed by atoms with Gasteiger partial charge in [0.05, 0.1) is 17.3 Å². The minimum absolute atomic E-state index is 0.294. The van der Waals surface area contributed by atoms with Crippen LogP contribution in [0, 0.1) is 0 Å². The second-order valence-electron chi connectivity index (χ2n) is 5.16. The van der Waals surface area contributed by atoms with Crippen molar-refractivity contribution in [1.82, 2.24) is 14.8 Å². The molecule has 23 heavy (non-hydrogen) atoms. The first kappa shape index (κ1) is 14.4. The van der Waals surface area contributed by atoms with E-state index in [9.17, 15) is 0 Å². The minimum atomic E-state index is 0.294. The summed E-state index contributed by atoms with van der Waals surface area (Å²) in [6.07, 6.45) is 0. The molecule has 0 radical (unpaired) electrons. The van der Waals surface area contributed by atoms with Crippen LogP contribution in [0.1, 0.15) is 22.8 Å². The molecule has 1 aliphatic rings. The van der Waals surface area contributed by atoms with Crippen molar-refractivity contribution in [3.63, 3.8) is 0 Å². The molecule has 2 heterocycles. The zero-order valence-corrected chi connectivity index (χ0v) is 13.6. The molecule has 2 aromatic carbocycles. The number of rotatable bonds is 2. The molecule has 0 aliphatic carbocycles. The molecule has 3 aromatic rings. The highest BCUT2D eigenvalue weighted by Crippen LogP contribution is 2.28. The van der Waals surface area contributed by atoms with E-state index in [1.807, 2.05) is 53.1 Å². The lowest BCUT2D eigenvalue weighted by molar-refractivity contribution is 0.859. The van der Waals surface area contributed by atoms with Gasteiger partial charge in [-0.15, -0.1) is 21.8 Å². The normalized spacial score (nSPS) is 13.0. The average Bonchev–Trinajstić information content (AvgIpc) is 2.92. The first-order chi connectivity index (χ1) is 11.3. The Kier molecular flexibility index (Phi) is 3.63. The monoisotopic (exact) mass is 342 g/mol. The summed E-state index contributed by atoms with van der Waals surface area (Å²) in [6.45, 7) is 0.430. The molecular formula is C17H12Cl2N4. The third-order valence-electron chi connectivity index (χ3n) is 3.82. The van der Waals surface area contributed by atoms with Gasteiger partial charge in [0.25, 0.3) is 0 Å². The summed E-state index contributed by atoms with van der Waals surface area (Å²) >= 11 is 12.4. The summed E-state index contributed by atoms with van der Waals surface area (Å²) in [5.74, 6) is 1.78. The zero-order valence-electron chi connectivity index (χ0n) is 12.1. The standard InChI is InChI=1S/C17H12Cl2N4/c18-9-15-21-22-16-10-20-17(11-5-1-3-7-13(11)19)12-6-2-4-8-14(12)23(15)16/h1-8H,9-10H2. The van der Waals surface area contributed by atoms with Crippen molar-refractivity contribution in [2.75, 3.05) is 0 Å². The van der Waals surface area contributed by atoms with E-state index in [4.69, 9.17) is 28.2 Å². The van der Waals surface area contributed by atoms with Crippen LogP contribution in [0.2, 0.25) is 5.02 Å². The summed E-state index contributed by atoms with van der Waals surface area (Å²) < 4.78 is 1.98. The second kappa shape index (κ2) is 5.80. The molecule has 0 bridgehead atoms. The summed E-state index contributed by atoms with van der Waals surface area (Å²) in [6, 6.07) is 15.7. The predicted molar refractivity (Wildman–Crippen MR) is 91.7 cm³/mol. The van der Waals surface area contributed by atoms with Gasteiger partial charge in [-0.3, -0.25) is 9.56 Å². The topological polar surface area (TPSA) is 43.1 Å². The third-order valence-corrected chi connectivity index (χ3v) is 4.39. The predicted octanol–water partition coefficient (Wildman–Crippen LogP) is 4.01. The number of hydrogen-bond donors (Lipinski definition) is 0. The van der Waals surface area contributed by atoms with E-state index < -0.39 is 0 Å². The Labute approximate surface area is 143 Å². The van der Waals surface area contributed by atoms with Crippen molar-refractivity contribution in [2.24, 2.45) is 4.99 Å². The third kappa shape index (κ3) is 2.35. The van der Waals surface area contributed by atoms with Crippen LogP contribution < -0.4 is 0 Å². The number of aliphatic imine (C=N–C) groups is 1. The van der Waals surface area contributed by atoms with Gasteiger partial charge in [-0.05, 0) is 12.1 Å². The quantitative estimate of drug-likeness (QED) is 0.660. The number of fused-ring (bicyclic) bond motifs is 3. The Morgan fingerprint density at radius 1 is 0.957 bits per heavy atom. The van der Waals surface area contributed by atoms with E-state index in [0.29, 0.717) is 23.3 Å². The summed E-state index contributed by atoms with van der Waals surface area (Å²) in [5.41, 5.74) is 3.73. The Balaban J connectivity index is 1.99. The van der Waals surface area contributed by atoms with Crippen molar-refractivity contribution in [1.29, 1.82) is 0 Å². The van der Waals surface area contributed by atoms with Crippen molar-refractivity contribution >= 4 is 28.9 Å². The van der Waals surface area contributed by atoms with Crippen LogP contribution >= 0.6 is 23.2 Å². The maximum Gasteiger partial charge on any atom is 0.159 e. The highest BCUT2D eigenvalue weighted by Gasteiger charge is 2.22. The molecule has 0 saturated heterocycles. The van der Waals surface area contributed by atoms with Crippen LogP contribution in [0.3, 0.4) is 0 Å². The van der Waals surface area contributed by atoms with Gasteiger partial charge in [-0.2, -0.15) is 0 Å². The second-order valence-corrected chi connectivity index (χ2v) is 5.84. The number of aromatic nitrogens is 3. The van der Waals surface area contributed by atoms with Gasteiger partial charge in [0.2, 0.25) is 0 Å². The number of benzene rings is 2. The summed E-state index contributed by atoms with van der Waals surface area (Å²) in [5, 5.41) is 9.06. The Morgan fingerprint density at radius 2 is 1.70 bits per heavy atom. The average molecular weight is 343 g/mol. The first-order valence-corrected chi connectivity index (χ1v) is 8.09. The van der Waals surface area contributed by atoms with Crippen LogP contribution in [0.4, 0.5) is 0 Å². The lowest BCUT2D eigenvalue weighted by Crippen LogP contribution is -2.09. The van der Waals surface area contributed by atoms with Gasteiger partial charge in [0.1, 0.15) is 6.54 Å². The van der Waals surface area contributed by atoms with E-state index in [1.54, 1.807) is 0 Å². The Hall–Kier alpha value is -2.17. The van der Waals surface area contributed by atoms with Crippen LogP contribution in [-0.4, -0.2) is 20.5 Å². The largest absolute Gasteiger partial charge is 0.280 e. The van der Waals surface area contributed by atoms with Crippen molar-refractivity contribution in [2.45, 2.75) is 12.4 Å². The number of hydrogen-bond acceptors (Lipinski definition) is 3. The van der Waals surface area contributed by atoms with Crippen molar-refractivity contribution in [3.8, 4) is 5.69 Å². The SMILES string of the molecule is ClCc1nnc2n1-c1ccccc1C(c1ccccc1Cl)=NC2. The molecule has 0 N–H and O–H groups in total. The highest BCUT2D eigenvalue weighted by molar-refractivity contribution is 6.35. The maximum absolute atomic E-state index is 6.38. The highest BCUT2D eigenvalue weighted by atomic mass is 35.5. The molecule has 114 valence electrons. The van der Waals surface area contributed by atoms with Gasteiger partial charge in [-0.1, -0.05) is 48.0 Å². The molecule has 0 amide bonds. The number of alkyl halides is 1. The van der Waals surface area contributed by atoms with Gasteiger partial charge < -0.3 is 0 Å². The van der Waals surface area contributed by atoms with Gasteiger partial charge >= 0.3 is 0 Å². The van der Waals surface area contributed by atoms with E-state index in [1.165, 1.54) is 0 Å². The van der Waals surface area contributed by atoms with Crippen LogP contribution in [0.25, 0.3) is 5.69 Å². The van der Waals surface area contributed by atoms with Crippen molar-refractivity contribution in [3.05, 3.63) is 76.3 Å². The fourth-order valence-corrected chi connectivity index (χ4v) is 3.21. The van der Waals surface area contributed by atoms with Crippen LogP contribution in [0.5, 0.6) is 0 Å². The van der Waals surface area contributed by atoms with E-state index in [2.05, 4.69) is 10.2 Å². The molecule has 4 rings (SSSR count). The molecule has 0 atom stereocenters. The molecule has 0 spiro atoms. The maximum atomic E-state index is 6.38. The molecule has 0 unspecified atom stereocenters. The zero-order chi connectivity index (χ0) is 15.8. The van der Waals surface area contributed by atoms with E-state index in [0.717, 1.165) is 28.4 Å². The van der Waals surface area contributed by atoms with Gasteiger partial charge in [-0.25, -0.2) is 0 Å². The molecule has 6 heteroatoms. The summed E-state index contributed by atoms with van der Waals surface area (Å²) in [4.78, 5) is 4.75. The van der Waals surface area contributed by atoms with Crippen molar-refractivity contribution < 1.29 is 0 Å². The Morgan fingerprint density at radius 3 is 2.48 bits per heavy atom. The fourth-order valence-electron chi connectivity index (χ4n) is 2.81. The van der Waals surface area contributed by atoms with Gasteiger partial charge in [0.15, 0.2) is 11.6 Å².